The van der Waals surface area contributed by atoms with E-state index in [2.05, 4.69) is 15.1 Å². The Labute approximate surface area is 150 Å². The smallest absolute Gasteiger partial charge is 0.261 e. The van der Waals surface area contributed by atoms with Crippen LogP contribution in [0.3, 0.4) is 0 Å². The van der Waals surface area contributed by atoms with Gasteiger partial charge in [0, 0.05) is 12.7 Å². The molecule has 7 nitrogen and oxygen atoms in total. The molecule has 3 heterocycles. The van der Waals surface area contributed by atoms with Crippen LogP contribution in [0.1, 0.15) is 30.3 Å². The lowest BCUT2D eigenvalue weighted by molar-refractivity contribution is 0.223. The van der Waals surface area contributed by atoms with E-state index in [-0.39, 0.29) is 24.8 Å². The molecule has 1 unspecified atom stereocenters. The summed E-state index contributed by atoms with van der Waals surface area (Å²) >= 11 is 0. The first-order chi connectivity index (χ1) is 12.8. The van der Waals surface area contributed by atoms with E-state index in [1.54, 1.807) is 23.0 Å². The average molecular weight is 351 g/mol. The van der Waals surface area contributed by atoms with Gasteiger partial charge in [0.25, 0.3) is 5.56 Å². The molecule has 1 aromatic carbocycles. The van der Waals surface area contributed by atoms with Crippen LogP contribution in [-0.4, -0.2) is 42.9 Å². The van der Waals surface area contributed by atoms with Crippen molar-refractivity contribution in [2.24, 2.45) is 0 Å². The van der Waals surface area contributed by atoms with Crippen molar-refractivity contribution < 1.29 is 5.11 Å². The van der Waals surface area contributed by atoms with Gasteiger partial charge in [0.05, 0.1) is 36.3 Å². The van der Waals surface area contributed by atoms with E-state index >= 15 is 0 Å². The van der Waals surface area contributed by atoms with Crippen molar-refractivity contribution in [2.45, 2.75) is 32.0 Å². The number of nitrogens with zero attached hydrogens (tertiary/aromatic N) is 5. The van der Waals surface area contributed by atoms with Gasteiger partial charge in [-0.25, -0.2) is 4.98 Å². The standard InChI is InChI=1S/C19H21N5O2/c25-11-10-24-18(22-16-5-2-1-4-15(16)19(24)26)17-6-3-9-23(17)13-14-7-8-20-21-12-14/h1-2,4-5,7-8,12,17,25H,3,6,9-11,13H2. The van der Waals surface area contributed by atoms with Gasteiger partial charge in [-0.1, -0.05) is 12.1 Å². The highest BCUT2D eigenvalue weighted by atomic mass is 16.3. The van der Waals surface area contributed by atoms with Crippen molar-refractivity contribution in [2.75, 3.05) is 13.2 Å². The van der Waals surface area contributed by atoms with Crippen LogP contribution >= 0.6 is 0 Å². The summed E-state index contributed by atoms with van der Waals surface area (Å²) in [6.45, 7) is 1.85. The van der Waals surface area contributed by atoms with Crippen LogP contribution in [0.2, 0.25) is 0 Å². The Bertz CT molecular complexity index is 957. The molecule has 1 N–H and O–H groups in total. The number of aliphatic hydroxyl groups is 1. The lowest BCUT2D eigenvalue weighted by Crippen LogP contribution is -2.33. The van der Waals surface area contributed by atoms with Crippen LogP contribution in [0.5, 0.6) is 0 Å². The van der Waals surface area contributed by atoms with E-state index in [0.717, 1.165) is 37.3 Å². The molecule has 0 aliphatic carbocycles. The summed E-state index contributed by atoms with van der Waals surface area (Å²) < 4.78 is 1.64. The topological polar surface area (TPSA) is 84.1 Å². The fourth-order valence-corrected chi connectivity index (χ4v) is 3.71. The highest BCUT2D eigenvalue weighted by Crippen LogP contribution is 2.32. The van der Waals surface area contributed by atoms with E-state index in [4.69, 9.17) is 4.98 Å². The molecule has 0 saturated carbocycles. The van der Waals surface area contributed by atoms with Crippen molar-refractivity contribution >= 4 is 10.9 Å². The largest absolute Gasteiger partial charge is 0.395 e. The zero-order chi connectivity index (χ0) is 17.9. The fraction of sp³-hybridized carbons (Fsp3) is 0.368. The third-order valence-corrected chi connectivity index (χ3v) is 4.91. The molecule has 2 aromatic heterocycles. The van der Waals surface area contributed by atoms with Crippen LogP contribution in [0.15, 0.2) is 47.5 Å². The van der Waals surface area contributed by atoms with Crippen molar-refractivity contribution in [3.05, 3.63) is 64.5 Å². The normalized spacial score (nSPS) is 17.8. The number of fused-ring (bicyclic) bond motifs is 1. The van der Waals surface area contributed by atoms with Gasteiger partial charge < -0.3 is 5.11 Å². The summed E-state index contributed by atoms with van der Waals surface area (Å²) in [6.07, 6.45) is 5.44. The Kier molecular flexibility index (Phi) is 4.73. The monoisotopic (exact) mass is 351 g/mol. The van der Waals surface area contributed by atoms with Crippen molar-refractivity contribution in [3.63, 3.8) is 0 Å². The lowest BCUT2D eigenvalue weighted by atomic mass is 10.1. The van der Waals surface area contributed by atoms with Crippen molar-refractivity contribution in [1.82, 2.24) is 24.6 Å². The Morgan fingerprint density at radius 1 is 1.19 bits per heavy atom. The van der Waals surface area contributed by atoms with Crippen LogP contribution in [0.25, 0.3) is 10.9 Å². The van der Waals surface area contributed by atoms with Crippen molar-refractivity contribution in [1.29, 1.82) is 0 Å². The zero-order valence-corrected chi connectivity index (χ0v) is 14.5. The molecule has 26 heavy (non-hydrogen) atoms. The molecule has 0 spiro atoms. The first-order valence-electron chi connectivity index (χ1n) is 8.88. The van der Waals surface area contributed by atoms with Gasteiger partial charge in [-0.15, -0.1) is 0 Å². The van der Waals surface area contributed by atoms with Crippen LogP contribution in [0, 0.1) is 0 Å². The quantitative estimate of drug-likeness (QED) is 0.750. The maximum Gasteiger partial charge on any atom is 0.261 e. The molecule has 134 valence electrons. The molecule has 1 aliphatic heterocycles. The first-order valence-corrected chi connectivity index (χ1v) is 8.88. The summed E-state index contributed by atoms with van der Waals surface area (Å²) in [4.78, 5) is 20.1. The molecule has 1 saturated heterocycles. The minimum absolute atomic E-state index is 0.0482. The van der Waals surface area contributed by atoms with Gasteiger partial charge in [-0.3, -0.25) is 14.3 Å². The van der Waals surface area contributed by atoms with Gasteiger partial charge >= 0.3 is 0 Å². The van der Waals surface area contributed by atoms with Gasteiger partial charge in [-0.2, -0.15) is 10.2 Å². The third kappa shape index (κ3) is 3.11. The predicted molar refractivity (Wildman–Crippen MR) is 97.5 cm³/mol. The molecule has 0 radical (unpaired) electrons. The third-order valence-electron chi connectivity index (χ3n) is 4.91. The van der Waals surface area contributed by atoms with Crippen LogP contribution < -0.4 is 5.56 Å². The molecule has 1 atom stereocenters. The first kappa shape index (κ1) is 16.8. The van der Waals surface area contributed by atoms with E-state index < -0.39 is 0 Å². The highest BCUT2D eigenvalue weighted by molar-refractivity contribution is 5.77. The number of benzene rings is 1. The molecule has 0 bridgehead atoms. The second-order valence-corrected chi connectivity index (χ2v) is 6.55. The van der Waals surface area contributed by atoms with E-state index in [1.807, 2.05) is 24.3 Å². The zero-order valence-electron chi connectivity index (χ0n) is 14.5. The van der Waals surface area contributed by atoms with Gasteiger partial charge in [-0.05, 0) is 43.1 Å². The number of likely N-dealkylation sites (tertiary alicyclic amines) is 1. The number of rotatable bonds is 5. The molecular formula is C19H21N5O2. The summed E-state index contributed by atoms with van der Waals surface area (Å²) in [6, 6.07) is 9.40. The summed E-state index contributed by atoms with van der Waals surface area (Å²) in [5, 5.41) is 17.8. The predicted octanol–water partition coefficient (Wildman–Crippen LogP) is 1.52. The Morgan fingerprint density at radius 3 is 2.88 bits per heavy atom. The molecule has 4 rings (SSSR count). The molecule has 1 aliphatic rings. The van der Waals surface area contributed by atoms with E-state index in [1.165, 1.54) is 0 Å². The average Bonchev–Trinajstić information content (AvgIpc) is 3.13. The molecule has 7 heteroatoms. The van der Waals surface area contributed by atoms with E-state index in [9.17, 15) is 9.90 Å². The second-order valence-electron chi connectivity index (χ2n) is 6.55. The van der Waals surface area contributed by atoms with Gasteiger partial charge in [0.1, 0.15) is 5.82 Å². The SMILES string of the molecule is O=c1c2ccccc2nc(C2CCCN2Cc2ccnnc2)n1CCO. The summed E-state index contributed by atoms with van der Waals surface area (Å²) in [5.41, 5.74) is 1.71. The summed E-state index contributed by atoms with van der Waals surface area (Å²) in [5.74, 6) is 0.738. The Balaban J connectivity index is 1.76. The van der Waals surface area contributed by atoms with Crippen LogP contribution in [0.4, 0.5) is 0 Å². The molecular weight excluding hydrogens is 330 g/mol. The fourth-order valence-electron chi connectivity index (χ4n) is 3.71. The minimum Gasteiger partial charge on any atom is -0.395 e. The van der Waals surface area contributed by atoms with Crippen molar-refractivity contribution in [3.8, 4) is 0 Å². The number of aromatic nitrogens is 4. The minimum atomic E-state index is -0.0894. The maximum atomic E-state index is 12.9. The molecule has 1 fully saturated rings. The number of para-hydroxylation sites is 1. The summed E-state index contributed by atoms with van der Waals surface area (Å²) in [7, 11) is 0. The number of hydrogen-bond acceptors (Lipinski definition) is 6. The molecule has 0 amide bonds. The number of hydrogen-bond donors (Lipinski definition) is 1. The molecule has 3 aromatic rings. The highest BCUT2D eigenvalue weighted by Gasteiger charge is 2.30. The van der Waals surface area contributed by atoms with Crippen LogP contribution in [-0.2, 0) is 13.1 Å². The van der Waals surface area contributed by atoms with Gasteiger partial charge in [0.2, 0.25) is 0 Å². The van der Waals surface area contributed by atoms with E-state index in [0.29, 0.717) is 10.9 Å². The second kappa shape index (κ2) is 7.31. The maximum absolute atomic E-state index is 12.9. The van der Waals surface area contributed by atoms with Gasteiger partial charge in [0.15, 0.2) is 0 Å². The lowest BCUT2D eigenvalue weighted by Gasteiger charge is -2.26. The Hall–Kier alpha value is -2.64. The number of aliphatic hydroxyl groups excluding tert-OH is 1. The Morgan fingerprint density at radius 2 is 2.08 bits per heavy atom.